The van der Waals surface area contributed by atoms with Crippen LogP contribution in [0.15, 0.2) is 11.3 Å². The average molecular weight is 348 g/mol. The molecule has 0 saturated carbocycles. The highest BCUT2D eigenvalue weighted by atomic mass is 15.3. The van der Waals surface area contributed by atoms with Gasteiger partial charge < -0.3 is 20.1 Å². The first-order valence-electron chi connectivity index (χ1n) is 9.84. The summed E-state index contributed by atoms with van der Waals surface area (Å²) in [4.78, 5) is 7.38. The number of rotatable bonds is 6. The molecule has 3 rings (SSSR count). The zero-order chi connectivity index (χ0) is 17.6. The summed E-state index contributed by atoms with van der Waals surface area (Å²) in [5.74, 6) is 1.97. The summed E-state index contributed by atoms with van der Waals surface area (Å²) in [6.45, 7) is 6.67. The summed E-state index contributed by atoms with van der Waals surface area (Å²) < 4.78 is 2.09. The maximum absolute atomic E-state index is 4.78. The van der Waals surface area contributed by atoms with Crippen LogP contribution in [0, 0.1) is 0 Å². The van der Waals surface area contributed by atoms with Crippen LogP contribution in [0.5, 0.6) is 0 Å². The first-order chi connectivity index (χ1) is 12.2. The first-order valence-corrected chi connectivity index (χ1v) is 9.84. The number of aryl methyl sites for hydroxylation is 1. The summed E-state index contributed by atoms with van der Waals surface area (Å²) in [6.07, 6.45) is 9.22. The average Bonchev–Trinajstić information content (AvgIpc) is 3.03. The molecule has 1 aromatic rings. The Kier molecular flexibility index (Phi) is 6.29. The second-order valence-corrected chi connectivity index (χ2v) is 7.27. The van der Waals surface area contributed by atoms with E-state index in [0.717, 1.165) is 49.9 Å². The third-order valence-electron chi connectivity index (χ3n) is 5.65. The number of guanidine groups is 1. The second-order valence-electron chi connectivity index (χ2n) is 7.27. The smallest absolute Gasteiger partial charge is 0.191 e. The van der Waals surface area contributed by atoms with Crippen molar-refractivity contribution in [1.29, 1.82) is 0 Å². The Balaban J connectivity index is 1.55. The van der Waals surface area contributed by atoms with Crippen LogP contribution in [0.25, 0.3) is 0 Å². The number of aliphatic imine (C=N–C) groups is 1. The molecule has 2 saturated heterocycles. The van der Waals surface area contributed by atoms with Crippen molar-refractivity contribution in [1.82, 2.24) is 30.3 Å². The Morgan fingerprint density at radius 2 is 2.04 bits per heavy atom. The van der Waals surface area contributed by atoms with E-state index >= 15 is 0 Å². The van der Waals surface area contributed by atoms with Gasteiger partial charge in [0.05, 0.1) is 6.54 Å². The molecule has 7 heteroatoms. The van der Waals surface area contributed by atoms with Crippen molar-refractivity contribution in [2.75, 3.05) is 20.1 Å². The van der Waals surface area contributed by atoms with Gasteiger partial charge in [-0.3, -0.25) is 4.99 Å². The van der Waals surface area contributed by atoms with E-state index in [4.69, 9.17) is 4.99 Å². The Bertz CT molecular complexity index is 554. The van der Waals surface area contributed by atoms with Gasteiger partial charge in [-0.2, -0.15) is 0 Å². The molecule has 7 nitrogen and oxygen atoms in total. The topological polar surface area (TPSA) is 70.4 Å². The van der Waals surface area contributed by atoms with Crippen molar-refractivity contribution in [2.24, 2.45) is 4.99 Å². The van der Waals surface area contributed by atoms with E-state index in [9.17, 15) is 0 Å². The van der Waals surface area contributed by atoms with Crippen molar-refractivity contribution in [3.05, 3.63) is 12.2 Å². The largest absolute Gasteiger partial charge is 0.357 e. The molecule has 2 N–H and O–H groups in total. The van der Waals surface area contributed by atoms with Crippen LogP contribution in [0.1, 0.15) is 51.8 Å². The van der Waals surface area contributed by atoms with Gasteiger partial charge in [-0.15, -0.1) is 10.2 Å². The van der Waals surface area contributed by atoms with E-state index in [0.29, 0.717) is 6.04 Å². The van der Waals surface area contributed by atoms with Crippen molar-refractivity contribution in [3.8, 4) is 0 Å². The number of aromatic nitrogens is 3. The van der Waals surface area contributed by atoms with E-state index in [1.54, 1.807) is 6.33 Å². The Labute approximate surface area is 151 Å². The van der Waals surface area contributed by atoms with Crippen molar-refractivity contribution in [2.45, 2.75) is 77.0 Å². The van der Waals surface area contributed by atoms with Gasteiger partial charge in [-0.05, 0) is 39.7 Å². The van der Waals surface area contributed by atoms with Gasteiger partial charge in [0.15, 0.2) is 5.96 Å². The van der Waals surface area contributed by atoms with Crippen molar-refractivity contribution >= 4 is 5.96 Å². The lowest BCUT2D eigenvalue weighted by molar-refractivity contribution is 0.0526. The zero-order valence-corrected chi connectivity index (χ0v) is 15.9. The molecule has 140 valence electrons. The molecule has 2 bridgehead atoms. The van der Waals surface area contributed by atoms with E-state index in [2.05, 4.69) is 51.2 Å². The van der Waals surface area contributed by atoms with Gasteiger partial charge in [-0.25, -0.2) is 0 Å². The molecule has 2 aliphatic heterocycles. The van der Waals surface area contributed by atoms with E-state index < -0.39 is 0 Å². The highest BCUT2D eigenvalue weighted by molar-refractivity contribution is 5.80. The maximum atomic E-state index is 4.78. The van der Waals surface area contributed by atoms with E-state index in [1.165, 1.54) is 32.1 Å². The zero-order valence-electron chi connectivity index (χ0n) is 15.9. The summed E-state index contributed by atoms with van der Waals surface area (Å²) in [5, 5.41) is 15.2. The molecular formula is C18H33N7. The molecule has 2 fully saturated rings. The summed E-state index contributed by atoms with van der Waals surface area (Å²) in [7, 11) is 2.30. The van der Waals surface area contributed by atoms with Crippen LogP contribution in [0.4, 0.5) is 0 Å². The molecular weight excluding hydrogens is 314 g/mol. The first kappa shape index (κ1) is 18.2. The molecule has 25 heavy (non-hydrogen) atoms. The molecule has 2 unspecified atom stereocenters. The Hall–Kier alpha value is -1.63. The SMILES string of the molecule is CCNC(=NCCn1cnnc1CC)NC1CC2CCCC(C1)N2C. The van der Waals surface area contributed by atoms with Crippen molar-refractivity contribution < 1.29 is 0 Å². The highest BCUT2D eigenvalue weighted by Gasteiger charge is 2.36. The maximum Gasteiger partial charge on any atom is 0.191 e. The quantitative estimate of drug-likeness (QED) is 0.601. The Morgan fingerprint density at radius 3 is 2.72 bits per heavy atom. The fraction of sp³-hybridized carbons (Fsp3) is 0.833. The van der Waals surface area contributed by atoms with Crippen LogP contribution in [0.2, 0.25) is 0 Å². The lowest BCUT2D eigenvalue weighted by Crippen LogP contribution is -2.56. The van der Waals surface area contributed by atoms with E-state index in [-0.39, 0.29) is 0 Å². The molecule has 0 aromatic carbocycles. The highest BCUT2D eigenvalue weighted by Crippen LogP contribution is 2.32. The van der Waals surface area contributed by atoms with Gasteiger partial charge >= 0.3 is 0 Å². The summed E-state index contributed by atoms with van der Waals surface area (Å²) in [6, 6.07) is 2.00. The van der Waals surface area contributed by atoms with Gasteiger partial charge in [0.25, 0.3) is 0 Å². The summed E-state index contributed by atoms with van der Waals surface area (Å²) in [5.41, 5.74) is 0. The van der Waals surface area contributed by atoms with Crippen LogP contribution in [0.3, 0.4) is 0 Å². The number of nitrogens with zero attached hydrogens (tertiary/aromatic N) is 5. The minimum absolute atomic E-state index is 0.533. The molecule has 2 aliphatic rings. The van der Waals surface area contributed by atoms with Gasteiger partial charge in [0, 0.05) is 37.6 Å². The molecule has 0 spiro atoms. The minimum Gasteiger partial charge on any atom is -0.357 e. The number of nitrogens with one attached hydrogen (secondary N) is 2. The molecule has 0 radical (unpaired) electrons. The standard InChI is InChI=1S/C18H33N7/c1-4-17-23-21-13-25(17)10-9-20-18(19-5-2)22-14-11-15-7-6-8-16(12-14)24(15)3/h13-16H,4-12H2,1-3H3,(H2,19,20,22). The van der Waals surface area contributed by atoms with Crippen LogP contribution in [-0.4, -0.2) is 63.9 Å². The van der Waals surface area contributed by atoms with Crippen LogP contribution in [-0.2, 0) is 13.0 Å². The van der Waals surface area contributed by atoms with Gasteiger partial charge in [0.1, 0.15) is 12.2 Å². The lowest BCUT2D eigenvalue weighted by Gasteiger charge is -2.47. The lowest BCUT2D eigenvalue weighted by atomic mass is 9.82. The predicted molar refractivity (Wildman–Crippen MR) is 101 cm³/mol. The normalized spacial score (nSPS) is 27.3. The third kappa shape index (κ3) is 4.51. The number of hydrogen-bond donors (Lipinski definition) is 2. The number of piperidine rings is 2. The molecule has 2 atom stereocenters. The fourth-order valence-corrected chi connectivity index (χ4v) is 4.26. The number of hydrogen-bond acceptors (Lipinski definition) is 4. The fourth-order valence-electron chi connectivity index (χ4n) is 4.26. The van der Waals surface area contributed by atoms with Crippen molar-refractivity contribution in [3.63, 3.8) is 0 Å². The van der Waals surface area contributed by atoms with Crippen LogP contribution < -0.4 is 10.6 Å². The van der Waals surface area contributed by atoms with Crippen LogP contribution >= 0.6 is 0 Å². The molecule has 3 heterocycles. The minimum atomic E-state index is 0.533. The predicted octanol–water partition coefficient (Wildman–Crippen LogP) is 1.41. The molecule has 1 aromatic heterocycles. The monoisotopic (exact) mass is 347 g/mol. The second kappa shape index (κ2) is 8.65. The molecule has 0 amide bonds. The third-order valence-corrected chi connectivity index (χ3v) is 5.65. The molecule has 0 aliphatic carbocycles. The summed E-state index contributed by atoms with van der Waals surface area (Å²) >= 11 is 0. The van der Waals surface area contributed by atoms with Gasteiger partial charge in [-0.1, -0.05) is 13.3 Å². The van der Waals surface area contributed by atoms with Gasteiger partial charge in [0.2, 0.25) is 0 Å². The van der Waals surface area contributed by atoms with E-state index in [1.807, 2.05) is 0 Å². The number of fused-ring (bicyclic) bond motifs is 2. The Morgan fingerprint density at radius 1 is 1.28 bits per heavy atom.